The Morgan fingerprint density at radius 3 is 2.65 bits per heavy atom. The van der Waals surface area contributed by atoms with Crippen molar-refractivity contribution in [2.24, 2.45) is 22.7 Å². The number of carbonyl (C=O) groups excluding carboxylic acids is 1. The van der Waals surface area contributed by atoms with Crippen molar-refractivity contribution in [3.63, 3.8) is 0 Å². The summed E-state index contributed by atoms with van der Waals surface area (Å²) < 4.78 is 4.87. The second-order valence-electron chi connectivity index (χ2n) is 9.86. The number of fused-ring (bicyclic) bond motifs is 1. The Morgan fingerprint density at radius 2 is 2.04 bits per heavy atom. The molecule has 150 valence electrons. The van der Waals surface area contributed by atoms with Gasteiger partial charge < -0.3 is 14.9 Å². The summed E-state index contributed by atoms with van der Waals surface area (Å²) in [6, 6.07) is 0. The first-order valence-corrected chi connectivity index (χ1v) is 10.1. The topological polar surface area (TPSA) is 66.8 Å². The summed E-state index contributed by atoms with van der Waals surface area (Å²) in [4.78, 5) is 11.0. The predicted molar refractivity (Wildman–Crippen MR) is 104 cm³/mol. The van der Waals surface area contributed by atoms with Gasteiger partial charge in [-0.2, -0.15) is 0 Å². The van der Waals surface area contributed by atoms with Crippen LogP contribution in [0.4, 0.5) is 0 Å². The standard InChI is InChI=1S/C22H38O4/c1-15-8-9-18-20(3,4)11-7-12-21(18,5)17(15)10-13-22(6,25)19(24)14-26-16(2)23/h17-19,24-25H,1,7-14H2,2-6H3/t17-,18-,19-,21+,22-/m0/s1. The van der Waals surface area contributed by atoms with Crippen LogP contribution in [0.15, 0.2) is 12.2 Å². The van der Waals surface area contributed by atoms with Crippen LogP contribution in [-0.4, -0.2) is 34.5 Å². The molecule has 0 heterocycles. The first-order valence-electron chi connectivity index (χ1n) is 10.1. The third kappa shape index (κ3) is 4.33. The van der Waals surface area contributed by atoms with Crippen LogP contribution in [0.1, 0.15) is 79.6 Å². The highest BCUT2D eigenvalue weighted by atomic mass is 16.5. The lowest BCUT2D eigenvalue weighted by Crippen LogP contribution is -2.50. The van der Waals surface area contributed by atoms with Gasteiger partial charge in [-0.3, -0.25) is 4.79 Å². The van der Waals surface area contributed by atoms with E-state index in [2.05, 4.69) is 27.4 Å². The zero-order valence-corrected chi connectivity index (χ0v) is 17.3. The van der Waals surface area contributed by atoms with Crippen LogP contribution >= 0.6 is 0 Å². The third-order valence-corrected chi connectivity index (χ3v) is 7.42. The lowest BCUT2D eigenvalue weighted by atomic mass is 9.47. The molecule has 2 saturated carbocycles. The molecule has 2 fully saturated rings. The zero-order chi connectivity index (χ0) is 19.8. The molecule has 0 spiro atoms. The van der Waals surface area contributed by atoms with Crippen LogP contribution in [0.25, 0.3) is 0 Å². The van der Waals surface area contributed by atoms with E-state index in [1.54, 1.807) is 6.92 Å². The maximum Gasteiger partial charge on any atom is 0.302 e. The van der Waals surface area contributed by atoms with E-state index in [4.69, 9.17) is 4.74 Å². The number of esters is 1. The molecule has 2 rings (SSSR count). The molecule has 2 aliphatic carbocycles. The fraction of sp³-hybridized carbons (Fsp3) is 0.864. The Hall–Kier alpha value is -0.870. The molecule has 0 bridgehead atoms. The van der Waals surface area contributed by atoms with E-state index in [0.717, 1.165) is 12.8 Å². The van der Waals surface area contributed by atoms with Crippen molar-refractivity contribution in [1.82, 2.24) is 0 Å². The van der Waals surface area contributed by atoms with Gasteiger partial charge in [0.25, 0.3) is 0 Å². The second-order valence-corrected chi connectivity index (χ2v) is 9.86. The quantitative estimate of drug-likeness (QED) is 0.545. The fourth-order valence-electron chi connectivity index (χ4n) is 5.79. The van der Waals surface area contributed by atoms with Gasteiger partial charge in [0.15, 0.2) is 0 Å². The first-order chi connectivity index (χ1) is 11.9. The maximum absolute atomic E-state index is 11.0. The number of aliphatic hydroxyl groups excluding tert-OH is 1. The minimum atomic E-state index is -1.27. The molecular weight excluding hydrogens is 328 g/mol. The van der Waals surface area contributed by atoms with Crippen LogP contribution in [-0.2, 0) is 9.53 Å². The van der Waals surface area contributed by atoms with Crippen molar-refractivity contribution in [2.75, 3.05) is 6.61 Å². The lowest BCUT2D eigenvalue weighted by molar-refractivity contribution is -0.152. The second kappa shape index (κ2) is 7.63. The molecule has 2 N–H and O–H groups in total. The van der Waals surface area contributed by atoms with Gasteiger partial charge in [-0.15, -0.1) is 0 Å². The normalized spacial score (nSPS) is 34.5. The van der Waals surface area contributed by atoms with E-state index < -0.39 is 17.7 Å². The number of allylic oxidation sites excluding steroid dienone is 1. The molecule has 0 aliphatic heterocycles. The number of aliphatic hydroxyl groups is 2. The largest absolute Gasteiger partial charge is 0.463 e. The van der Waals surface area contributed by atoms with Crippen LogP contribution < -0.4 is 0 Å². The van der Waals surface area contributed by atoms with Gasteiger partial charge >= 0.3 is 5.97 Å². The molecule has 26 heavy (non-hydrogen) atoms. The molecule has 4 nitrogen and oxygen atoms in total. The van der Waals surface area contributed by atoms with E-state index in [1.807, 2.05) is 0 Å². The highest BCUT2D eigenvalue weighted by Crippen LogP contribution is 2.61. The summed E-state index contributed by atoms with van der Waals surface area (Å²) in [5.74, 6) is 0.601. The number of carbonyl (C=O) groups is 1. The van der Waals surface area contributed by atoms with Crippen molar-refractivity contribution in [1.29, 1.82) is 0 Å². The van der Waals surface area contributed by atoms with Crippen molar-refractivity contribution in [3.05, 3.63) is 12.2 Å². The van der Waals surface area contributed by atoms with Gasteiger partial charge in [-0.25, -0.2) is 0 Å². The molecule has 5 atom stereocenters. The Kier molecular flexibility index (Phi) is 6.29. The van der Waals surface area contributed by atoms with Gasteiger partial charge in [-0.05, 0) is 68.1 Å². The average molecular weight is 367 g/mol. The summed E-state index contributed by atoms with van der Waals surface area (Å²) in [6.07, 6.45) is 6.23. The van der Waals surface area contributed by atoms with Crippen LogP contribution in [0, 0.1) is 22.7 Å². The number of hydrogen-bond acceptors (Lipinski definition) is 4. The molecule has 0 aromatic rings. The minimum Gasteiger partial charge on any atom is -0.463 e. The summed E-state index contributed by atoms with van der Waals surface area (Å²) >= 11 is 0. The number of ether oxygens (including phenoxy) is 1. The third-order valence-electron chi connectivity index (χ3n) is 7.42. The molecule has 0 aromatic heterocycles. The van der Waals surface area contributed by atoms with E-state index in [9.17, 15) is 15.0 Å². The predicted octanol–water partition coefficient (Wildman–Crippen LogP) is 4.24. The van der Waals surface area contributed by atoms with Crippen LogP contribution in [0.2, 0.25) is 0 Å². The maximum atomic E-state index is 11.0. The smallest absolute Gasteiger partial charge is 0.302 e. The molecular formula is C22H38O4. The summed E-state index contributed by atoms with van der Waals surface area (Å²) in [6.45, 7) is 14.4. The molecule has 0 saturated heterocycles. The first kappa shape index (κ1) is 21.4. The Bertz CT molecular complexity index is 536. The molecule has 0 radical (unpaired) electrons. The zero-order valence-electron chi connectivity index (χ0n) is 17.3. The van der Waals surface area contributed by atoms with E-state index in [0.29, 0.717) is 23.7 Å². The number of hydrogen-bond donors (Lipinski definition) is 2. The van der Waals surface area contributed by atoms with Crippen LogP contribution in [0.5, 0.6) is 0 Å². The lowest BCUT2D eigenvalue weighted by Gasteiger charge is -2.58. The molecule has 2 aliphatic rings. The van der Waals surface area contributed by atoms with E-state index in [-0.39, 0.29) is 12.0 Å². The van der Waals surface area contributed by atoms with Crippen molar-refractivity contribution in [3.8, 4) is 0 Å². The molecule has 0 unspecified atom stereocenters. The molecule has 4 heteroatoms. The van der Waals surface area contributed by atoms with Crippen molar-refractivity contribution < 1.29 is 19.7 Å². The van der Waals surface area contributed by atoms with Crippen molar-refractivity contribution >= 4 is 5.97 Å². The summed E-state index contributed by atoms with van der Waals surface area (Å²) in [5, 5.41) is 21.0. The van der Waals surface area contributed by atoms with Gasteiger partial charge in [0.2, 0.25) is 0 Å². The molecule has 0 amide bonds. The van der Waals surface area contributed by atoms with Gasteiger partial charge in [0.1, 0.15) is 12.7 Å². The number of rotatable bonds is 6. The van der Waals surface area contributed by atoms with Crippen LogP contribution in [0.3, 0.4) is 0 Å². The summed E-state index contributed by atoms with van der Waals surface area (Å²) in [5.41, 5.74) is 0.590. The highest BCUT2D eigenvalue weighted by molar-refractivity contribution is 5.65. The highest BCUT2D eigenvalue weighted by Gasteiger charge is 2.53. The monoisotopic (exact) mass is 366 g/mol. The Balaban J connectivity index is 2.09. The van der Waals surface area contributed by atoms with Crippen molar-refractivity contribution in [2.45, 2.75) is 91.3 Å². The fourth-order valence-corrected chi connectivity index (χ4v) is 5.79. The van der Waals surface area contributed by atoms with E-state index >= 15 is 0 Å². The SMILES string of the molecule is C=C1CC[C@H]2C(C)(C)CCC[C@]2(C)[C@H]1CC[C@](C)(O)[C@@H](O)COC(C)=O. The minimum absolute atomic E-state index is 0.166. The van der Waals surface area contributed by atoms with Gasteiger partial charge in [0.05, 0.1) is 5.60 Å². The Labute approximate surface area is 159 Å². The summed E-state index contributed by atoms with van der Waals surface area (Å²) in [7, 11) is 0. The Morgan fingerprint density at radius 1 is 1.38 bits per heavy atom. The average Bonchev–Trinajstić information content (AvgIpc) is 2.50. The molecule has 0 aromatic carbocycles. The van der Waals surface area contributed by atoms with Gasteiger partial charge in [-0.1, -0.05) is 39.3 Å². The van der Waals surface area contributed by atoms with Gasteiger partial charge in [0, 0.05) is 6.92 Å². The van der Waals surface area contributed by atoms with E-state index in [1.165, 1.54) is 38.2 Å².